The monoisotopic (exact) mass is 478 g/mol. The zero-order valence-corrected chi connectivity index (χ0v) is 20.2. The molecule has 0 bridgehead atoms. The Balaban J connectivity index is 1.38. The highest BCUT2D eigenvalue weighted by Crippen LogP contribution is 2.44. The predicted octanol–water partition coefficient (Wildman–Crippen LogP) is 4.84. The smallest absolute Gasteiger partial charge is 0.407 e. The third kappa shape index (κ3) is 5.84. The van der Waals surface area contributed by atoms with Crippen LogP contribution in [-0.4, -0.2) is 41.8 Å². The number of ether oxygens (including phenoxy) is 1. The molecule has 2 aromatic carbocycles. The van der Waals surface area contributed by atoms with Gasteiger partial charge in [0, 0.05) is 12.0 Å². The van der Waals surface area contributed by atoms with Gasteiger partial charge in [-0.15, -0.1) is 0 Å². The van der Waals surface area contributed by atoms with Crippen molar-refractivity contribution in [1.29, 1.82) is 0 Å². The Hall–Kier alpha value is -3.35. The Bertz CT molecular complexity index is 1020. The molecule has 0 spiro atoms. The van der Waals surface area contributed by atoms with Crippen molar-refractivity contribution >= 4 is 18.0 Å². The van der Waals surface area contributed by atoms with Crippen LogP contribution in [0.2, 0.25) is 0 Å². The molecule has 2 aliphatic carbocycles. The summed E-state index contributed by atoms with van der Waals surface area (Å²) in [6.07, 6.45) is 4.30. The summed E-state index contributed by atoms with van der Waals surface area (Å²) < 4.78 is 5.61. The van der Waals surface area contributed by atoms with Crippen LogP contribution in [0.4, 0.5) is 4.79 Å². The van der Waals surface area contributed by atoms with Crippen LogP contribution in [0.15, 0.2) is 48.5 Å². The number of carbonyl (C=O) groups excluding carboxylic acids is 2. The van der Waals surface area contributed by atoms with Crippen molar-refractivity contribution in [2.24, 2.45) is 5.92 Å². The van der Waals surface area contributed by atoms with Gasteiger partial charge in [0.1, 0.15) is 12.6 Å². The van der Waals surface area contributed by atoms with E-state index in [1.54, 1.807) is 0 Å². The second kappa shape index (κ2) is 11.4. The molecule has 7 heteroatoms. The summed E-state index contributed by atoms with van der Waals surface area (Å²) in [4.78, 5) is 37.1. The molecule has 2 amide bonds. The van der Waals surface area contributed by atoms with E-state index in [1.165, 1.54) is 0 Å². The third-order valence-corrected chi connectivity index (χ3v) is 7.22. The average molecular weight is 479 g/mol. The summed E-state index contributed by atoms with van der Waals surface area (Å²) >= 11 is 0. The molecular weight excluding hydrogens is 444 g/mol. The molecule has 35 heavy (non-hydrogen) atoms. The van der Waals surface area contributed by atoms with Crippen molar-refractivity contribution in [3.05, 3.63) is 59.7 Å². The van der Waals surface area contributed by atoms with Gasteiger partial charge in [0.25, 0.3) is 0 Å². The van der Waals surface area contributed by atoms with Gasteiger partial charge in [0.2, 0.25) is 5.91 Å². The minimum atomic E-state index is -0.932. The van der Waals surface area contributed by atoms with Crippen LogP contribution < -0.4 is 10.6 Å². The summed E-state index contributed by atoms with van der Waals surface area (Å²) in [5.41, 5.74) is 4.54. The molecule has 2 aliphatic rings. The molecule has 3 N–H and O–H groups in total. The van der Waals surface area contributed by atoms with Crippen LogP contribution in [0.1, 0.15) is 68.9 Å². The normalized spacial score (nSPS) is 16.7. The van der Waals surface area contributed by atoms with Crippen molar-refractivity contribution in [1.82, 2.24) is 10.6 Å². The molecule has 0 aromatic heterocycles. The van der Waals surface area contributed by atoms with E-state index in [-0.39, 0.29) is 30.8 Å². The van der Waals surface area contributed by atoms with Crippen molar-refractivity contribution in [3.8, 4) is 11.1 Å². The van der Waals surface area contributed by atoms with Gasteiger partial charge in [-0.05, 0) is 47.4 Å². The average Bonchev–Trinajstić information content (AvgIpc) is 3.49. The number of aliphatic carboxylic acids is 1. The highest BCUT2D eigenvalue weighted by molar-refractivity contribution is 5.86. The lowest BCUT2D eigenvalue weighted by molar-refractivity contribution is -0.138. The second-order valence-electron chi connectivity index (χ2n) is 9.57. The van der Waals surface area contributed by atoms with Gasteiger partial charge < -0.3 is 20.5 Å². The molecule has 1 fully saturated rings. The number of benzene rings is 2. The number of carboxylic acid groups (broad SMARTS) is 1. The van der Waals surface area contributed by atoms with E-state index in [2.05, 4.69) is 34.9 Å². The number of rotatable bonds is 10. The number of hydrogen-bond donors (Lipinski definition) is 3. The van der Waals surface area contributed by atoms with Crippen LogP contribution in [0, 0.1) is 5.92 Å². The van der Waals surface area contributed by atoms with Gasteiger partial charge in [0.05, 0.1) is 6.42 Å². The molecule has 4 rings (SSSR count). The van der Waals surface area contributed by atoms with E-state index in [4.69, 9.17) is 4.74 Å². The highest BCUT2D eigenvalue weighted by atomic mass is 16.5. The van der Waals surface area contributed by atoms with Gasteiger partial charge in [0.15, 0.2) is 0 Å². The lowest BCUT2D eigenvalue weighted by Crippen LogP contribution is -2.51. The van der Waals surface area contributed by atoms with E-state index < -0.39 is 24.1 Å². The van der Waals surface area contributed by atoms with E-state index in [9.17, 15) is 19.5 Å². The molecule has 2 atom stereocenters. The maximum Gasteiger partial charge on any atom is 0.407 e. The zero-order chi connectivity index (χ0) is 24.8. The molecule has 1 unspecified atom stereocenters. The number of hydrogen-bond acceptors (Lipinski definition) is 4. The van der Waals surface area contributed by atoms with E-state index >= 15 is 0 Å². The van der Waals surface area contributed by atoms with Crippen LogP contribution in [0.5, 0.6) is 0 Å². The molecule has 7 nitrogen and oxygen atoms in total. The van der Waals surface area contributed by atoms with Gasteiger partial charge in [-0.2, -0.15) is 0 Å². The van der Waals surface area contributed by atoms with Crippen molar-refractivity contribution in [3.63, 3.8) is 0 Å². The van der Waals surface area contributed by atoms with Crippen LogP contribution in [0.25, 0.3) is 11.1 Å². The Morgan fingerprint density at radius 3 is 2.14 bits per heavy atom. The SMILES string of the molecule is CCC[C@H](NC(=O)OCC1c2ccccc2-c2ccccc21)C(=O)NC(CC(=O)O)C1CCCC1. The fourth-order valence-corrected chi connectivity index (χ4v) is 5.51. The van der Waals surface area contributed by atoms with Gasteiger partial charge in [-0.3, -0.25) is 9.59 Å². The Kier molecular flexibility index (Phi) is 8.06. The van der Waals surface area contributed by atoms with Crippen LogP contribution in [0.3, 0.4) is 0 Å². The number of alkyl carbamates (subject to hydrolysis) is 1. The van der Waals surface area contributed by atoms with E-state index in [0.29, 0.717) is 12.8 Å². The summed E-state index contributed by atoms with van der Waals surface area (Å²) in [5, 5.41) is 14.9. The number of fused-ring (bicyclic) bond motifs is 3. The first kappa shape index (κ1) is 24.8. The number of carbonyl (C=O) groups is 3. The minimum absolute atomic E-state index is 0.0612. The fraction of sp³-hybridized carbons (Fsp3) is 0.464. The number of nitrogens with one attached hydrogen (secondary N) is 2. The van der Waals surface area contributed by atoms with Crippen LogP contribution >= 0.6 is 0 Å². The summed E-state index contributed by atoms with van der Waals surface area (Å²) in [5.74, 6) is -1.18. The van der Waals surface area contributed by atoms with Gasteiger partial charge >= 0.3 is 12.1 Å². The first-order valence-electron chi connectivity index (χ1n) is 12.6. The first-order valence-corrected chi connectivity index (χ1v) is 12.6. The molecule has 0 aliphatic heterocycles. The summed E-state index contributed by atoms with van der Waals surface area (Å²) in [7, 11) is 0. The quantitative estimate of drug-likeness (QED) is 0.453. The third-order valence-electron chi connectivity index (χ3n) is 7.22. The second-order valence-corrected chi connectivity index (χ2v) is 9.57. The topological polar surface area (TPSA) is 105 Å². The Morgan fingerprint density at radius 1 is 0.971 bits per heavy atom. The largest absolute Gasteiger partial charge is 0.481 e. The molecule has 0 saturated heterocycles. The highest BCUT2D eigenvalue weighted by Gasteiger charge is 2.32. The van der Waals surface area contributed by atoms with E-state index in [0.717, 1.165) is 47.9 Å². The molecule has 0 heterocycles. The van der Waals surface area contributed by atoms with Crippen molar-refractivity contribution in [2.45, 2.75) is 69.9 Å². The summed E-state index contributed by atoms with van der Waals surface area (Å²) in [6.45, 7) is 2.11. The van der Waals surface area contributed by atoms with Gasteiger partial charge in [-0.1, -0.05) is 74.7 Å². The number of carboxylic acids is 1. The maximum atomic E-state index is 13.0. The molecule has 186 valence electrons. The minimum Gasteiger partial charge on any atom is -0.481 e. The Labute approximate surface area is 206 Å². The van der Waals surface area contributed by atoms with E-state index in [1.807, 2.05) is 31.2 Å². The fourth-order valence-electron chi connectivity index (χ4n) is 5.51. The molecular formula is C28H34N2O5. The zero-order valence-electron chi connectivity index (χ0n) is 20.2. The standard InChI is InChI=1S/C28H34N2O5/c1-2-9-24(27(33)29-25(16-26(31)32)18-10-3-4-11-18)30-28(34)35-17-23-21-14-7-5-12-19(21)20-13-6-8-15-22(20)23/h5-8,12-15,18,23-25H,2-4,9-11,16-17H2,1H3,(H,29,33)(H,30,34)(H,31,32)/t24-,25?/m0/s1. The molecule has 1 saturated carbocycles. The molecule has 0 radical (unpaired) electrons. The summed E-state index contributed by atoms with van der Waals surface area (Å²) in [6, 6.07) is 15.0. The first-order chi connectivity index (χ1) is 17.0. The lowest BCUT2D eigenvalue weighted by atomic mass is 9.94. The lowest BCUT2D eigenvalue weighted by Gasteiger charge is -2.26. The predicted molar refractivity (Wildman–Crippen MR) is 133 cm³/mol. The Morgan fingerprint density at radius 2 is 1.57 bits per heavy atom. The van der Waals surface area contributed by atoms with Crippen molar-refractivity contribution < 1.29 is 24.2 Å². The van der Waals surface area contributed by atoms with Crippen LogP contribution in [-0.2, 0) is 14.3 Å². The number of amides is 2. The van der Waals surface area contributed by atoms with Crippen molar-refractivity contribution in [2.75, 3.05) is 6.61 Å². The maximum absolute atomic E-state index is 13.0. The van der Waals surface area contributed by atoms with Gasteiger partial charge in [-0.25, -0.2) is 4.79 Å². The molecule has 2 aromatic rings.